The fourth-order valence-electron chi connectivity index (χ4n) is 3.04. The first-order chi connectivity index (χ1) is 15.9. The second kappa shape index (κ2) is 9.92. The number of H-pyrrole nitrogens is 1. The summed E-state index contributed by atoms with van der Waals surface area (Å²) in [4.78, 5) is 31.0. The van der Waals surface area contributed by atoms with E-state index >= 15 is 0 Å². The second-order valence-corrected chi connectivity index (χ2v) is 8.33. The van der Waals surface area contributed by atoms with Crippen LogP contribution in [0, 0.1) is 17.0 Å². The molecule has 33 heavy (non-hydrogen) atoms. The van der Waals surface area contributed by atoms with Crippen LogP contribution < -0.4 is 10.6 Å². The average Bonchev–Trinajstić information content (AvgIpc) is 3.23. The molecular weight excluding hydrogens is 512 g/mol. The van der Waals surface area contributed by atoms with E-state index in [4.69, 9.17) is 16.6 Å². The number of pyridine rings is 1. The van der Waals surface area contributed by atoms with Crippen molar-refractivity contribution < 1.29 is 4.92 Å². The SMILES string of the molecule is Cc1cnc(-c2cnc(NCCNc3ccc([N+](=O)[O-])cn3)nc2-c2ccc(Br)cc2Cl)[nH]1. The van der Waals surface area contributed by atoms with Crippen molar-refractivity contribution in [3.8, 4) is 22.6 Å². The Bertz CT molecular complexity index is 1300. The van der Waals surface area contributed by atoms with Crippen LogP contribution in [-0.4, -0.2) is 42.9 Å². The Morgan fingerprint density at radius 3 is 2.55 bits per heavy atom. The minimum absolute atomic E-state index is 0.0574. The van der Waals surface area contributed by atoms with Gasteiger partial charge in [0.15, 0.2) is 0 Å². The van der Waals surface area contributed by atoms with E-state index in [1.165, 1.54) is 12.3 Å². The largest absolute Gasteiger partial charge is 0.368 e. The van der Waals surface area contributed by atoms with E-state index in [1.807, 2.05) is 25.1 Å². The highest BCUT2D eigenvalue weighted by Gasteiger charge is 2.16. The molecular formula is C21H18BrClN8O2. The lowest BCUT2D eigenvalue weighted by Crippen LogP contribution is -2.16. The van der Waals surface area contributed by atoms with Crippen molar-refractivity contribution in [1.29, 1.82) is 0 Å². The Balaban J connectivity index is 1.51. The first kappa shape index (κ1) is 22.6. The van der Waals surface area contributed by atoms with E-state index in [0.717, 1.165) is 21.3 Å². The number of hydrogen-bond donors (Lipinski definition) is 3. The maximum absolute atomic E-state index is 10.7. The van der Waals surface area contributed by atoms with Gasteiger partial charge in [0.2, 0.25) is 5.95 Å². The van der Waals surface area contributed by atoms with Gasteiger partial charge < -0.3 is 15.6 Å². The lowest BCUT2D eigenvalue weighted by atomic mass is 10.1. The predicted octanol–water partition coefficient (Wildman–Crippen LogP) is 5.09. The van der Waals surface area contributed by atoms with Crippen molar-refractivity contribution in [3.63, 3.8) is 0 Å². The molecule has 1 aromatic carbocycles. The van der Waals surface area contributed by atoms with Crippen LogP contribution >= 0.6 is 27.5 Å². The summed E-state index contributed by atoms with van der Waals surface area (Å²) in [5.41, 5.74) is 2.99. The van der Waals surface area contributed by atoms with Crippen LogP contribution in [0.15, 0.2) is 53.4 Å². The topological polar surface area (TPSA) is 135 Å². The second-order valence-electron chi connectivity index (χ2n) is 7.01. The number of nitrogens with one attached hydrogen (secondary N) is 3. The summed E-state index contributed by atoms with van der Waals surface area (Å²) in [7, 11) is 0. The maximum atomic E-state index is 10.7. The quantitative estimate of drug-likeness (QED) is 0.163. The maximum Gasteiger partial charge on any atom is 0.287 e. The fourth-order valence-corrected chi connectivity index (χ4v) is 3.80. The summed E-state index contributed by atoms with van der Waals surface area (Å²) in [6.07, 6.45) is 4.65. The van der Waals surface area contributed by atoms with Crippen molar-refractivity contribution in [2.45, 2.75) is 6.92 Å². The lowest BCUT2D eigenvalue weighted by Gasteiger charge is -2.12. The predicted molar refractivity (Wildman–Crippen MR) is 130 cm³/mol. The van der Waals surface area contributed by atoms with Gasteiger partial charge in [-0.3, -0.25) is 10.1 Å². The number of aryl methyl sites for hydroxylation is 1. The monoisotopic (exact) mass is 528 g/mol. The van der Waals surface area contributed by atoms with Crippen LogP contribution in [0.2, 0.25) is 5.02 Å². The molecule has 0 fully saturated rings. The standard InChI is InChI=1S/C21H18BrClN8O2/c1-12-9-27-20(29-12)16-11-28-21(30-19(16)15-4-2-13(22)8-17(15)23)25-7-6-24-18-5-3-14(10-26-18)31(32)33/h2-5,8-11H,6-7H2,1H3,(H,24,26)(H,27,29)(H,25,28,30). The zero-order chi connectivity index (χ0) is 23.4. The molecule has 0 unspecified atom stereocenters. The first-order valence-electron chi connectivity index (χ1n) is 9.83. The summed E-state index contributed by atoms with van der Waals surface area (Å²) in [6.45, 7) is 2.92. The molecule has 10 nitrogen and oxygen atoms in total. The number of aromatic amines is 1. The van der Waals surface area contributed by atoms with Gasteiger partial charge in [-0.05, 0) is 25.1 Å². The van der Waals surface area contributed by atoms with E-state index < -0.39 is 4.92 Å². The van der Waals surface area contributed by atoms with Crippen molar-refractivity contribution >= 4 is 45.0 Å². The number of benzene rings is 1. The van der Waals surface area contributed by atoms with Crippen molar-refractivity contribution in [1.82, 2.24) is 24.9 Å². The third-order valence-corrected chi connectivity index (χ3v) is 5.41. The average molecular weight is 530 g/mol. The highest BCUT2D eigenvalue weighted by atomic mass is 79.9. The number of hydrogen-bond acceptors (Lipinski definition) is 8. The normalized spacial score (nSPS) is 10.8. The summed E-state index contributed by atoms with van der Waals surface area (Å²) < 4.78 is 0.866. The van der Waals surface area contributed by atoms with E-state index in [2.05, 4.69) is 46.5 Å². The minimum atomic E-state index is -0.487. The number of halogens is 2. The van der Waals surface area contributed by atoms with Gasteiger partial charge in [-0.25, -0.2) is 19.9 Å². The van der Waals surface area contributed by atoms with Crippen LogP contribution in [0.25, 0.3) is 22.6 Å². The molecule has 3 N–H and O–H groups in total. The van der Waals surface area contributed by atoms with E-state index in [1.54, 1.807) is 18.5 Å². The van der Waals surface area contributed by atoms with Crippen LogP contribution in [0.3, 0.4) is 0 Å². The molecule has 0 saturated heterocycles. The van der Waals surface area contributed by atoms with E-state index in [0.29, 0.717) is 41.4 Å². The summed E-state index contributed by atoms with van der Waals surface area (Å²) >= 11 is 9.93. The van der Waals surface area contributed by atoms with Crippen LogP contribution in [0.1, 0.15) is 5.69 Å². The third kappa shape index (κ3) is 5.44. The number of rotatable bonds is 8. The molecule has 0 amide bonds. The highest BCUT2D eigenvalue weighted by molar-refractivity contribution is 9.10. The van der Waals surface area contributed by atoms with Crippen molar-refractivity contribution in [2.75, 3.05) is 23.7 Å². The lowest BCUT2D eigenvalue weighted by molar-refractivity contribution is -0.385. The molecule has 3 heterocycles. The Labute approximate surface area is 202 Å². The number of nitrogens with zero attached hydrogens (tertiary/aromatic N) is 5. The van der Waals surface area contributed by atoms with Crippen LogP contribution in [0.5, 0.6) is 0 Å². The molecule has 4 rings (SSSR count). The highest BCUT2D eigenvalue weighted by Crippen LogP contribution is 2.35. The van der Waals surface area contributed by atoms with Crippen molar-refractivity contribution in [3.05, 3.63) is 74.2 Å². The molecule has 12 heteroatoms. The van der Waals surface area contributed by atoms with Crippen LogP contribution in [0.4, 0.5) is 17.5 Å². The molecule has 0 aliphatic rings. The third-order valence-electron chi connectivity index (χ3n) is 4.61. The molecule has 4 aromatic rings. The van der Waals surface area contributed by atoms with Gasteiger partial charge in [-0.2, -0.15) is 0 Å². The number of nitro groups is 1. The van der Waals surface area contributed by atoms with Crippen LogP contribution in [-0.2, 0) is 0 Å². The Morgan fingerprint density at radius 2 is 1.88 bits per heavy atom. The smallest absolute Gasteiger partial charge is 0.287 e. The number of imidazole rings is 1. The molecule has 0 radical (unpaired) electrons. The van der Waals surface area contributed by atoms with Gasteiger partial charge in [-0.15, -0.1) is 0 Å². The van der Waals surface area contributed by atoms with Gasteiger partial charge in [-0.1, -0.05) is 33.6 Å². The summed E-state index contributed by atoms with van der Waals surface area (Å²) in [5.74, 6) is 1.61. The van der Waals surface area contributed by atoms with E-state index in [-0.39, 0.29) is 5.69 Å². The Morgan fingerprint density at radius 1 is 1.06 bits per heavy atom. The molecule has 0 atom stereocenters. The molecule has 0 bridgehead atoms. The first-order valence-corrected chi connectivity index (χ1v) is 11.0. The van der Waals surface area contributed by atoms with Gasteiger partial charge >= 0.3 is 0 Å². The molecule has 0 aliphatic heterocycles. The Kier molecular flexibility index (Phi) is 6.80. The van der Waals surface area contributed by atoms with Gasteiger partial charge in [0, 0.05) is 47.3 Å². The summed E-state index contributed by atoms with van der Waals surface area (Å²) in [6, 6.07) is 8.55. The minimum Gasteiger partial charge on any atom is -0.368 e. The molecule has 0 saturated carbocycles. The zero-order valence-electron chi connectivity index (χ0n) is 17.3. The van der Waals surface area contributed by atoms with Gasteiger partial charge in [0.05, 0.1) is 21.2 Å². The molecule has 0 spiro atoms. The molecule has 3 aromatic heterocycles. The van der Waals surface area contributed by atoms with Gasteiger partial charge in [0.25, 0.3) is 5.69 Å². The summed E-state index contributed by atoms with van der Waals surface area (Å²) in [5, 5.41) is 17.5. The zero-order valence-corrected chi connectivity index (χ0v) is 19.7. The Hall–Kier alpha value is -3.57. The number of anilines is 2. The molecule has 0 aliphatic carbocycles. The number of aromatic nitrogens is 5. The fraction of sp³-hybridized carbons (Fsp3) is 0.143. The van der Waals surface area contributed by atoms with Gasteiger partial charge in [0.1, 0.15) is 17.8 Å². The molecule has 168 valence electrons. The van der Waals surface area contributed by atoms with E-state index in [9.17, 15) is 10.1 Å². The van der Waals surface area contributed by atoms with Crippen molar-refractivity contribution in [2.24, 2.45) is 0 Å².